The Labute approximate surface area is 165 Å². The summed E-state index contributed by atoms with van der Waals surface area (Å²) in [6, 6.07) is 11.0. The largest absolute Gasteiger partial charge is 0.366 e. The number of rotatable bonds is 6. The highest BCUT2D eigenvalue weighted by Crippen LogP contribution is 2.31. The summed E-state index contributed by atoms with van der Waals surface area (Å²) in [6.45, 7) is 7.71. The number of hydrogen-bond donors (Lipinski definition) is 1. The number of aryl methyl sites for hydroxylation is 2. The second-order valence-electron chi connectivity index (χ2n) is 7.66. The number of nitro benzene ring substituents is 1. The smallest absolute Gasteiger partial charge is 0.293 e. The van der Waals surface area contributed by atoms with E-state index < -0.39 is 4.92 Å². The van der Waals surface area contributed by atoms with Gasteiger partial charge in [0.05, 0.1) is 4.92 Å². The average Bonchev–Trinajstić information content (AvgIpc) is 3.18. The van der Waals surface area contributed by atoms with Crippen molar-refractivity contribution in [3.63, 3.8) is 0 Å². The van der Waals surface area contributed by atoms with Crippen LogP contribution in [-0.2, 0) is 6.42 Å². The third kappa shape index (κ3) is 4.50. The molecule has 2 aromatic rings. The molecule has 1 fully saturated rings. The van der Waals surface area contributed by atoms with Crippen LogP contribution in [0.25, 0.3) is 0 Å². The van der Waals surface area contributed by atoms with Crippen molar-refractivity contribution < 1.29 is 9.72 Å². The molecule has 0 radical (unpaired) electrons. The van der Waals surface area contributed by atoms with Gasteiger partial charge in [0.1, 0.15) is 5.69 Å². The fourth-order valence-electron chi connectivity index (χ4n) is 3.80. The molecule has 0 aromatic heterocycles. The molecule has 1 N–H and O–H groups in total. The molecule has 1 unspecified atom stereocenters. The maximum absolute atomic E-state index is 12.6. The first-order valence-corrected chi connectivity index (χ1v) is 9.75. The standard InChI is InChI=1S/C22H27N3O3/c1-15-6-7-18(16(2)12-15)13-17(3)23-22(26)19-8-9-20(21(14-19)25(27)28)24-10-4-5-11-24/h6-9,12,14,17H,4-5,10-11,13H2,1-3H3,(H,23,26). The number of nitrogens with one attached hydrogen (secondary N) is 1. The minimum absolute atomic E-state index is 0.00316. The molecule has 6 heteroatoms. The van der Waals surface area contributed by atoms with E-state index in [-0.39, 0.29) is 17.6 Å². The molecule has 148 valence electrons. The van der Waals surface area contributed by atoms with Gasteiger partial charge in [0.2, 0.25) is 0 Å². The SMILES string of the molecule is Cc1ccc(CC(C)NC(=O)c2ccc(N3CCCC3)c([N+](=O)[O-])c2)c(C)c1. The highest BCUT2D eigenvalue weighted by atomic mass is 16.6. The Morgan fingerprint density at radius 2 is 1.89 bits per heavy atom. The number of anilines is 1. The normalized spacial score (nSPS) is 14.8. The summed E-state index contributed by atoms with van der Waals surface area (Å²) in [4.78, 5) is 25.8. The Morgan fingerprint density at radius 3 is 2.54 bits per heavy atom. The van der Waals surface area contributed by atoms with Gasteiger partial charge in [-0.15, -0.1) is 0 Å². The highest BCUT2D eigenvalue weighted by molar-refractivity contribution is 5.96. The fraction of sp³-hybridized carbons (Fsp3) is 0.409. The van der Waals surface area contributed by atoms with E-state index in [4.69, 9.17) is 0 Å². The van der Waals surface area contributed by atoms with Gasteiger partial charge >= 0.3 is 0 Å². The summed E-state index contributed by atoms with van der Waals surface area (Å²) < 4.78 is 0. The molecule has 2 aromatic carbocycles. The van der Waals surface area contributed by atoms with Crippen molar-refractivity contribution in [1.82, 2.24) is 5.32 Å². The summed E-state index contributed by atoms with van der Waals surface area (Å²) in [7, 11) is 0. The molecule has 1 aliphatic heterocycles. The van der Waals surface area contributed by atoms with Crippen LogP contribution in [0, 0.1) is 24.0 Å². The second-order valence-corrected chi connectivity index (χ2v) is 7.66. The number of benzene rings is 2. The quantitative estimate of drug-likeness (QED) is 0.602. The molecule has 1 heterocycles. The Kier molecular flexibility index (Phi) is 5.97. The van der Waals surface area contributed by atoms with E-state index in [1.54, 1.807) is 12.1 Å². The number of carbonyl (C=O) groups excluding carboxylic acids is 1. The Morgan fingerprint density at radius 1 is 1.18 bits per heavy atom. The molecule has 0 saturated carbocycles. The first kappa shape index (κ1) is 19.9. The molecular formula is C22H27N3O3. The predicted molar refractivity (Wildman–Crippen MR) is 111 cm³/mol. The average molecular weight is 381 g/mol. The van der Waals surface area contributed by atoms with E-state index in [0.29, 0.717) is 17.7 Å². The fourth-order valence-corrected chi connectivity index (χ4v) is 3.80. The van der Waals surface area contributed by atoms with Crippen molar-refractivity contribution in [3.8, 4) is 0 Å². The number of amides is 1. The molecule has 1 saturated heterocycles. The molecular weight excluding hydrogens is 354 g/mol. The van der Waals surface area contributed by atoms with Crippen LogP contribution < -0.4 is 10.2 Å². The summed E-state index contributed by atoms with van der Waals surface area (Å²) in [6.07, 6.45) is 2.79. The molecule has 3 rings (SSSR count). The van der Waals surface area contributed by atoms with Crippen LogP contribution in [-0.4, -0.2) is 30.0 Å². The van der Waals surface area contributed by atoms with E-state index in [0.717, 1.165) is 25.9 Å². The van der Waals surface area contributed by atoms with Crippen LogP contribution in [0.2, 0.25) is 0 Å². The van der Waals surface area contributed by atoms with E-state index in [1.165, 1.54) is 22.8 Å². The Bertz CT molecular complexity index is 889. The lowest BCUT2D eigenvalue weighted by Gasteiger charge is -2.19. The lowest BCUT2D eigenvalue weighted by molar-refractivity contribution is -0.384. The van der Waals surface area contributed by atoms with Crippen LogP contribution in [0.15, 0.2) is 36.4 Å². The van der Waals surface area contributed by atoms with Gasteiger partial charge < -0.3 is 10.2 Å². The summed E-state index contributed by atoms with van der Waals surface area (Å²) in [5.41, 5.74) is 4.52. The Balaban J connectivity index is 1.72. The molecule has 1 aliphatic rings. The van der Waals surface area contributed by atoms with Gasteiger partial charge in [-0.25, -0.2) is 0 Å². The predicted octanol–water partition coefficient (Wildman–Crippen LogP) is 4.17. The van der Waals surface area contributed by atoms with Gasteiger partial charge in [-0.3, -0.25) is 14.9 Å². The van der Waals surface area contributed by atoms with E-state index >= 15 is 0 Å². The monoisotopic (exact) mass is 381 g/mol. The molecule has 1 atom stereocenters. The number of carbonyl (C=O) groups is 1. The van der Waals surface area contributed by atoms with Gasteiger partial charge in [0.25, 0.3) is 11.6 Å². The van der Waals surface area contributed by atoms with E-state index in [9.17, 15) is 14.9 Å². The summed E-state index contributed by atoms with van der Waals surface area (Å²) in [5, 5.41) is 14.5. The third-order valence-corrected chi connectivity index (χ3v) is 5.28. The molecule has 28 heavy (non-hydrogen) atoms. The first-order valence-electron chi connectivity index (χ1n) is 9.75. The molecule has 1 amide bonds. The van der Waals surface area contributed by atoms with Gasteiger partial charge in [-0.05, 0) is 63.3 Å². The van der Waals surface area contributed by atoms with Gasteiger partial charge in [0.15, 0.2) is 0 Å². The maximum atomic E-state index is 12.6. The number of hydrogen-bond acceptors (Lipinski definition) is 4. The summed E-state index contributed by atoms with van der Waals surface area (Å²) in [5.74, 6) is -0.284. The van der Waals surface area contributed by atoms with Crippen LogP contribution in [0.1, 0.15) is 46.8 Å². The lowest BCUT2D eigenvalue weighted by atomic mass is 9.99. The first-order chi connectivity index (χ1) is 13.3. The molecule has 0 bridgehead atoms. The van der Waals surface area contributed by atoms with Crippen molar-refractivity contribution in [2.45, 2.75) is 46.1 Å². The topological polar surface area (TPSA) is 75.5 Å². The molecule has 6 nitrogen and oxygen atoms in total. The number of nitrogens with zero attached hydrogens (tertiary/aromatic N) is 2. The van der Waals surface area contributed by atoms with Crippen molar-refractivity contribution >= 4 is 17.3 Å². The van der Waals surface area contributed by atoms with Crippen molar-refractivity contribution in [2.75, 3.05) is 18.0 Å². The maximum Gasteiger partial charge on any atom is 0.293 e. The van der Waals surface area contributed by atoms with E-state index in [2.05, 4.69) is 37.4 Å². The summed E-state index contributed by atoms with van der Waals surface area (Å²) >= 11 is 0. The second kappa shape index (κ2) is 8.42. The van der Waals surface area contributed by atoms with Crippen LogP contribution in [0.5, 0.6) is 0 Å². The highest BCUT2D eigenvalue weighted by Gasteiger charge is 2.24. The molecule has 0 aliphatic carbocycles. The lowest BCUT2D eigenvalue weighted by Crippen LogP contribution is -2.34. The zero-order valence-corrected chi connectivity index (χ0v) is 16.7. The Hall–Kier alpha value is -2.89. The molecule has 0 spiro atoms. The van der Waals surface area contributed by atoms with Gasteiger partial charge in [0, 0.05) is 30.8 Å². The van der Waals surface area contributed by atoms with Gasteiger partial charge in [-0.2, -0.15) is 0 Å². The van der Waals surface area contributed by atoms with Crippen LogP contribution in [0.4, 0.5) is 11.4 Å². The van der Waals surface area contributed by atoms with Crippen LogP contribution >= 0.6 is 0 Å². The van der Waals surface area contributed by atoms with Crippen molar-refractivity contribution in [2.24, 2.45) is 0 Å². The van der Waals surface area contributed by atoms with Crippen molar-refractivity contribution in [1.29, 1.82) is 0 Å². The van der Waals surface area contributed by atoms with Gasteiger partial charge in [-0.1, -0.05) is 23.8 Å². The third-order valence-electron chi connectivity index (χ3n) is 5.28. The van der Waals surface area contributed by atoms with Crippen LogP contribution in [0.3, 0.4) is 0 Å². The minimum Gasteiger partial charge on any atom is -0.366 e. The van der Waals surface area contributed by atoms with E-state index in [1.807, 2.05) is 11.8 Å². The van der Waals surface area contributed by atoms with Crippen molar-refractivity contribution in [3.05, 3.63) is 68.8 Å². The number of nitro groups is 1. The minimum atomic E-state index is -0.399. The zero-order valence-electron chi connectivity index (χ0n) is 16.7. The zero-order chi connectivity index (χ0) is 20.3.